The lowest BCUT2D eigenvalue weighted by Crippen LogP contribution is -2.45. The normalized spacial score (nSPS) is 24.1. The summed E-state index contributed by atoms with van der Waals surface area (Å²) in [5.74, 6) is 1.73. The molecule has 5 nitrogen and oxygen atoms in total. The topological polar surface area (TPSA) is 78.4 Å². The monoisotopic (exact) mass is 246 g/mol. The maximum atomic E-state index is 11.4. The van der Waals surface area contributed by atoms with Crippen molar-refractivity contribution in [2.24, 2.45) is 5.92 Å². The molecule has 0 spiro atoms. The molecule has 1 rings (SSSR count). The molecule has 1 saturated heterocycles. The first-order chi connectivity index (χ1) is 7.59. The quantitative estimate of drug-likeness (QED) is 0.630. The Morgan fingerprint density at radius 1 is 1.44 bits per heavy atom. The summed E-state index contributed by atoms with van der Waals surface area (Å²) < 4.78 is 0. The third-order valence-corrected chi connectivity index (χ3v) is 3.89. The van der Waals surface area contributed by atoms with Gasteiger partial charge >= 0.3 is 12.0 Å². The Morgan fingerprint density at radius 2 is 2.19 bits per heavy atom. The summed E-state index contributed by atoms with van der Waals surface area (Å²) in [5.41, 5.74) is 0. The van der Waals surface area contributed by atoms with E-state index in [0.29, 0.717) is 18.9 Å². The van der Waals surface area contributed by atoms with Crippen LogP contribution in [0.15, 0.2) is 0 Å². The van der Waals surface area contributed by atoms with Crippen molar-refractivity contribution < 1.29 is 14.7 Å². The van der Waals surface area contributed by atoms with Gasteiger partial charge in [-0.1, -0.05) is 6.92 Å². The van der Waals surface area contributed by atoms with Crippen LogP contribution in [-0.4, -0.2) is 41.2 Å². The molecular formula is C10H18N2O3S. The van der Waals surface area contributed by atoms with Gasteiger partial charge in [-0.2, -0.15) is 11.8 Å². The average Bonchev–Trinajstić information content (AvgIpc) is 2.59. The lowest BCUT2D eigenvalue weighted by molar-refractivity contribution is -0.137. The Morgan fingerprint density at radius 3 is 2.75 bits per heavy atom. The third-order valence-electron chi connectivity index (χ3n) is 2.53. The van der Waals surface area contributed by atoms with E-state index >= 15 is 0 Å². The van der Waals surface area contributed by atoms with Gasteiger partial charge in [-0.05, 0) is 18.1 Å². The van der Waals surface area contributed by atoms with Gasteiger partial charge in [0.25, 0.3) is 0 Å². The molecule has 0 bridgehead atoms. The van der Waals surface area contributed by atoms with Crippen LogP contribution >= 0.6 is 11.8 Å². The molecule has 0 aromatic carbocycles. The molecule has 6 heteroatoms. The van der Waals surface area contributed by atoms with E-state index in [4.69, 9.17) is 5.11 Å². The Labute approximate surface area is 99.4 Å². The van der Waals surface area contributed by atoms with Crippen molar-refractivity contribution in [2.45, 2.75) is 25.8 Å². The lowest BCUT2D eigenvalue weighted by atomic mass is 10.1. The molecule has 2 unspecified atom stereocenters. The Balaban J connectivity index is 2.08. The maximum Gasteiger partial charge on any atom is 0.315 e. The van der Waals surface area contributed by atoms with Crippen LogP contribution in [0.25, 0.3) is 0 Å². The summed E-state index contributed by atoms with van der Waals surface area (Å²) in [6.07, 6.45) is 0.563. The Kier molecular flexibility index (Phi) is 5.45. The zero-order chi connectivity index (χ0) is 12.0. The number of thioether (sulfide) groups is 1. The molecule has 0 radical (unpaired) electrons. The van der Waals surface area contributed by atoms with E-state index in [1.165, 1.54) is 0 Å². The van der Waals surface area contributed by atoms with Crippen molar-refractivity contribution >= 4 is 23.8 Å². The van der Waals surface area contributed by atoms with Gasteiger partial charge in [0.2, 0.25) is 0 Å². The van der Waals surface area contributed by atoms with E-state index in [9.17, 15) is 9.59 Å². The molecule has 2 atom stereocenters. The second-order valence-corrected chi connectivity index (χ2v) is 5.09. The molecule has 0 saturated carbocycles. The number of amides is 2. The van der Waals surface area contributed by atoms with Crippen molar-refractivity contribution in [1.29, 1.82) is 0 Å². The highest BCUT2D eigenvalue weighted by atomic mass is 32.2. The van der Waals surface area contributed by atoms with Gasteiger partial charge in [0.15, 0.2) is 0 Å². The standard InChI is InChI=1S/C10H18N2O3S/c1-7-5-16-6-8(7)12-10(15)11-4-2-3-9(13)14/h7-8H,2-6H2,1H3,(H,13,14)(H2,11,12,15). The van der Waals surface area contributed by atoms with Crippen LogP contribution in [-0.2, 0) is 4.79 Å². The summed E-state index contributed by atoms with van der Waals surface area (Å²) in [5, 5.41) is 14.0. The molecule has 16 heavy (non-hydrogen) atoms. The minimum atomic E-state index is -0.831. The van der Waals surface area contributed by atoms with Crippen LogP contribution in [0.4, 0.5) is 4.79 Å². The second kappa shape index (κ2) is 6.62. The first-order valence-electron chi connectivity index (χ1n) is 5.43. The van der Waals surface area contributed by atoms with Crippen molar-refractivity contribution in [3.05, 3.63) is 0 Å². The van der Waals surface area contributed by atoms with E-state index in [1.54, 1.807) is 0 Å². The number of hydrogen-bond donors (Lipinski definition) is 3. The zero-order valence-electron chi connectivity index (χ0n) is 9.36. The van der Waals surface area contributed by atoms with Crippen LogP contribution in [0.5, 0.6) is 0 Å². The lowest BCUT2D eigenvalue weighted by Gasteiger charge is -2.16. The van der Waals surface area contributed by atoms with Gasteiger partial charge in [0, 0.05) is 24.8 Å². The van der Waals surface area contributed by atoms with E-state index < -0.39 is 5.97 Å². The van der Waals surface area contributed by atoms with Gasteiger partial charge in [-0.25, -0.2) is 4.79 Å². The van der Waals surface area contributed by atoms with Crippen molar-refractivity contribution in [2.75, 3.05) is 18.1 Å². The van der Waals surface area contributed by atoms with Gasteiger partial charge in [0.1, 0.15) is 0 Å². The van der Waals surface area contributed by atoms with E-state index in [2.05, 4.69) is 17.6 Å². The number of rotatable bonds is 5. The predicted octanol–water partition coefficient (Wildman–Crippen LogP) is 0.902. The van der Waals surface area contributed by atoms with Crippen LogP contribution in [0.2, 0.25) is 0 Å². The average molecular weight is 246 g/mol. The highest BCUT2D eigenvalue weighted by Crippen LogP contribution is 2.23. The van der Waals surface area contributed by atoms with Crippen LogP contribution in [0.3, 0.4) is 0 Å². The van der Waals surface area contributed by atoms with E-state index in [1.807, 2.05) is 11.8 Å². The fourth-order valence-corrected chi connectivity index (χ4v) is 2.91. The minimum absolute atomic E-state index is 0.0932. The number of carboxylic acids is 1. The fraction of sp³-hybridized carbons (Fsp3) is 0.800. The summed E-state index contributed by atoms with van der Waals surface area (Å²) in [4.78, 5) is 21.6. The molecule has 2 amide bonds. The molecule has 0 aromatic rings. The van der Waals surface area contributed by atoms with Gasteiger partial charge < -0.3 is 15.7 Å². The molecule has 92 valence electrons. The minimum Gasteiger partial charge on any atom is -0.481 e. The largest absolute Gasteiger partial charge is 0.481 e. The number of aliphatic carboxylic acids is 1. The highest BCUT2D eigenvalue weighted by molar-refractivity contribution is 7.99. The number of urea groups is 1. The van der Waals surface area contributed by atoms with Crippen LogP contribution < -0.4 is 10.6 Å². The second-order valence-electron chi connectivity index (χ2n) is 4.02. The molecule has 0 aliphatic carbocycles. The summed E-state index contributed by atoms with van der Waals surface area (Å²) in [6.45, 7) is 2.53. The summed E-state index contributed by atoms with van der Waals surface area (Å²) >= 11 is 1.84. The SMILES string of the molecule is CC1CSCC1NC(=O)NCCCC(=O)O. The van der Waals surface area contributed by atoms with Gasteiger partial charge in [-0.3, -0.25) is 4.79 Å². The summed E-state index contributed by atoms with van der Waals surface area (Å²) in [6, 6.07) is 0.0502. The van der Waals surface area contributed by atoms with Crippen molar-refractivity contribution in [3.8, 4) is 0 Å². The van der Waals surface area contributed by atoms with Gasteiger partial charge in [0.05, 0.1) is 0 Å². The van der Waals surface area contributed by atoms with E-state index in [0.717, 1.165) is 11.5 Å². The molecule has 1 heterocycles. The first-order valence-corrected chi connectivity index (χ1v) is 6.59. The molecule has 1 aliphatic rings. The third kappa shape index (κ3) is 4.74. The zero-order valence-corrected chi connectivity index (χ0v) is 10.2. The number of carbonyl (C=O) groups excluding carboxylic acids is 1. The fourth-order valence-electron chi connectivity index (χ4n) is 1.51. The molecular weight excluding hydrogens is 228 g/mol. The van der Waals surface area contributed by atoms with E-state index in [-0.39, 0.29) is 18.5 Å². The maximum absolute atomic E-state index is 11.4. The van der Waals surface area contributed by atoms with Crippen molar-refractivity contribution in [3.63, 3.8) is 0 Å². The first kappa shape index (κ1) is 13.2. The smallest absolute Gasteiger partial charge is 0.315 e. The van der Waals surface area contributed by atoms with Crippen LogP contribution in [0, 0.1) is 5.92 Å². The number of carbonyl (C=O) groups is 2. The molecule has 1 fully saturated rings. The Hall–Kier alpha value is -0.910. The number of nitrogens with one attached hydrogen (secondary N) is 2. The van der Waals surface area contributed by atoms with Crippen LogP contribution in [0.1, 0.15) is 19.8 Å². The number of hydrogen-bond acceptors (Lipinski definition) is 3. The molecule has 0 aromatic heterocycles. The number of carboxylic acid groups (broad SMARTS) is 1. The van der Waals surface area contributed by atoms with Gasteiger partial charge in [-0.15, -0.1) is 0 Å². The van der Waals surface area contributed by atoms with Crippen molar-refractivity contribution in [1.82, 2.24) is 10.6 Å². The molecule has 3 N–H and O–H groups in total. The Bertz CT molecular complexity index is 260. The summed E-state index contributed by atoms with van der Waals surface area (Å²) in [7, 11) is 0. The predicted molar refractivity (Wildman–Crippen MR) is 63.7 cm³/mol. The highest BCUT2D eigenvalue weighted by Gasteiger charge is 2.24. The molecule has 1 aliphatic heterocycles.